The Hall–Kier alpha value is -4.03. The topological polar surface area (TPSA) is 96.8 Å². The number of nitrogens with one attached hydrogen (secondary N) is 5. The maximum absolute atomic E-state index is 13.7. The summed E-state index contributed by atoms with van der Waals surface area (Å²) in [6, 6.07) is 19.8. The number of anilines is 3. The minimum absolute atomic E-state index is 0.0301. The minimum atomic E-state index is -0.530. The second-order valence-corrected chi connectivity index (χ2v) is 8.56. The molecule has 1 atom stereocenters. The number of aromatic nitrogens is 1. The second-order valence-electron chi connectivity index (χ2n) is 7.75. The van der Waals surface area contributed by atoms with Crippen molar-refractivity contribution in [2.75, 3.05) is 10.6 Å². The van der Waals surface area contributed by atoms with Gasteiger partial charge in [0, 0.05) is 29.2 Å². The van der Waals surface area contributed by atoms with E-state index in [0.29, 0.717) is 38.6 Å². The molecular formula is C25H18Cl2FN7. The van der Waals surface area contributed by atoms with Gasteiger partial charge < -0.3 is 21.5 Å². The van der Waals surface area contributed by atoms with Gasteiger partial charge in [-0.1, -0.05) is 53.5 Å². The van der Waals surface area contributed by atoms with Crippen molar-refractivity contribution in [2.45, 2.75) is 6.04 Å². The number of benzene rings is 3. The summed E-state index contributed by atoms with van der Waals surface area (Å²) >= 11 is 12.6. The lowest BCUT2D eigenvalue weighted by Gasteiger charge is -2.22. The van der Waals surface area contributed by atoms with Crippen LogP contribution in [0.5, 0.6) is 0 Å². The van der Waals surface area contributed by atoms with Crippen molar-refractivity contribution < 1.29 is 4.39 Å². The molecule has 1 aromatic heterocycles. The number of pyridine rings is 1. The van der Waals surface area contributed by atoms with E-state index in [4.69, 9.17) is 23.2 Å². The van der Waals surface area contributed by atoms with Crippen LogP contribution in [-0.2, 0) is 0 Å². The highest BCUT2D eigenvalue weighted by Gasteiger charge is 2.21. The molecule has 0 saturated carbocycles. The van der Waals surface area contributed by atoms with Crippen LogP contribution in [0.1, 0.15) is 17.2 Å². The van der Waals surface area contributed by atoms with E-state index in [1.54, 1.807) is 12.1 Å². The van der Waals surface area contributed by atoms with Crippen molar-refractivity contribution >= 4 is 51.2 Å². The molecule has 3 aromatic carbocycles. The van der Waals surface area contributed by atoms with E-state index >= 15 is 0 Å². The summed E-state index contributed by atoms with van der Waals surface area (Å²) in [7, 11) is 0. The number of halogens is 3. The van der Waals surface area contributed by atoms with Gasteiger partial charge in [-0.3, -0.25) is 4.98 Å². The number of hydrogen-bond acceptors (Lipinski definition) is 7. The Morgan fingerprint density at radius 3 is 2.51 bits per heavy atom. The first-order chi connectivity index (χ1) is 17.0. The summed E-state index contributed by atoms with van der Waals surface area (Å²) in [5, 5.41) is 17.4. The fourth-order valence-electron chi connectivity index (χ4n) is 3.85. The van der Waals surface area contributed by atoms with Gasteiger partial charge >= 0.3 is 0 Å². The van der Waals surface area contributed by atoms with Gasteiger partial charge in [0.05, 0.1) is 38.6 Å². The average Bonchev–Trinajstić information content (AvgIpc) is 3.40. The second kappa shape index (κ2) is 9.68. The molecule has 1 aliphatic rings. The van der Waals surface area contributed by atoms with Crippen molar-refractivity contribution in [1.82, 2.24) is 21.4 Å². The lowest BCUT2D eigenvalue weighted by atomic mass is 10.0. The van der Waals surface area contributed by atoms with Crippen LogP contribution >= 0.6 is 23.2 Å². The third kappa shape index (κ3) is 4.66. The molecule has 0 saturated heterocycles. The molecule has 0 amide bonds. The molecule has 10 heteroatoms. The SMILES string of the molecule is N#Cc1cnc2c(Cl)cc(N[C@H](C3=CNNN3)c3ccccc3)cc2c1Nc1ccc(F)c(Cl)c1. The monoisotopic (exact) mass is 505 g/mol. The first-order valence-corrected chi connectivity index (χ1v) is 11.3. The molecule has 0 fully saturated rings. The van der Waals surface area contributed by atoms with Gasteiger partial charge in [-0.15, -0.1) is 0 Å². The van der Waals surface area contributed by atoms with Crippen LogP contribution in [-0.4, -0.2) is 4.98 Å². The van der Waals surface area contributed by atoms with Crippen molar-refractivity contribution in [1.29, 1.82) is 5.26 Å². The lowest BCUT2D eigenvalue weighted by Crippen LogP contribution is -2.33. The number of rotatable bonds is 6. The molecule has 0 radical (unpaired) electrons. The molecule has 1 aliphatic heterocycles. The lowest BCUT2D eigenvalue weighted by molar-refractivity contribution is 0.583. The van der Waals surface area contributed by atoms with Gasteiger partial charge in [0.15, 0.2) is 0 Å². The molecule has 4 aromatic rings. The summed E-state index contributed by atoms with van der Waals surface area (Å²) in [5.41, 5.74) is 13.3. The zero-order valence-electron chi connectivity index (χ0n) is 18.0. The number of nitrogens with zero attached hydrogens (tertiary/aromatic N) is 2. The Morgan fingerprint density at radius 1 is 1.00 bits per heavy atom. The molecule has 35 heavy (non-hydrogen) atoms. The molecule has 174 valence electrons. The summed E-state index contributed by atoms with van der Waals surface area (Å²) < 4.78 is 13.7. The highest BCUT2D eigenvalue weighted by molar-refractivity contribution is 6.36. The van der Waals surface area contributed by atoms with Crippen LogP contribution < -0.4 is 27.0 Å². The average molecular weight is 506 g/mol. The zero-order valence-corrected chi connectivity index (χ0v) is 19.5. The van der Waals surface area contributed by atoms with E-state index in [1.807, 2.05) is 42.6 Å². The molecule has 0 unspecified atom stereocenters. The first kappa shape index (κ1) is 22.7. The highest BCUT2D eigenvalue weighted by Crippen LogP contribution is 2.37. The van der Waals surface area contributed by atoms with E-state index in [1.165, 1.54) is 18.3 Å². The molecule has 7 nitrogen and oxygen atoms in total. The first-order valence-electron chi connectivity index (χ1n) is 10.6. The van der Waals surface area contributed by atoms with Crippen LogP contribution in [0.15, 0.2) is 78.8 Å². The van der Waals surface area contributed by atoms with Crippen LogP contribution in [0.2, 0.25) is 10.0 Å². The molecule has 5 N–H and O–H groups in total. The molecule has 5 rings (SSSR count). The molecule has 0 bridgehead atoms. The van der Waals surface area contributed by atoms with E-state index in [-0.39, 0.29) is 11.1 Å². The van der Waals surface area contributed by atoms with Crippen LogP contribution in [0.3, 0.4) is 0 Å². The predicted molar refractivity (Wildman–Crippen MR) is 136 cm³/mol. The summed E-state index contributed by atoms with van der Waals surface area (Å²) in [5.74, 6) is -0.530. The fourth-order valence-corrected chi connectivity index (χ4v) is 4.30. The van der Waals surface area contributed by atoms with E-state index in [0.717, 1.165) is 11.3 Å². The van der Waals surface area contributed by atoms with Gasteiger partial charge in [-0.05, 0) is 35.9 Å². The highest BCUT2D eigenvalue weighted by atomic mass is 35.5. The predicted octanol–water partition coefficient (Wildman–Crippen LogP) is 5.90. The van der Waals surface area contributed by atoms with Gasteiger partial charge in [0.2, 0.25) is 0 Å². The van der Waals surface area contributed by atoms with Gasteiger partial charge in [-0.2, -0.15) is 10.8 Å². The Morgan fingerprint density at radius 2 is 1.80 bits per heavy atom. The number of nitriles is 1. The van der Waals surface area contributed by atoms with Crippen molar-refractivity contribution in [3.05, 3.63) is 106 Å². The Labute approximate surface area is 210 Å². The smallest absolute Gasteiger partial charge is 0.141 e. The molecule has 0 aliphatic carbocycles. The Kier molecular flexibility index (Phi) is 6.29. The third-order valence-electron chi connectivity index (χ3n) is 5.50. The molecular weight excluding hydrogens is 488 g/mol. The molecule has 2 heterocycles. The fraction of sp³-hybridized carbons (Fsp3) is 0.0400. The van der Waals surface area contributed by atoms with Crippen molar-refractivity contribution in [2.24, 2.45) is 0 Å². The molecule has 0 spiro atoms. The maximum atomic E-state index is 13.7. The van der Waals surface area contributed by atoms with Crippen molar-refractivity contribution in [3.63, 3.8) is 0 Å². The van der Waals surface area contributed by atoms with Gasteiger partial charge in [0.25, 0.3) is 0 Å². The summed E-state index contributed by atoms with van der Waals surface area (Å²) in [6.07, 6.45) is 3.28. The summed E-state index contributed by atoms with van der Waals surface area (Å²) in [4.78, 5) is 4.39. The maximum Gasteiger partial charge on any atom is 0.141 e. The quantitative estimate of drug-likeness (QED) is 0.222. The standard InChI is InChI=1S/C25H18Cl2FN7/c26-19-9-16(6-7-21(19)28)32-23-15(11-29)12-30-25-18(23)8-17(10-20(25)27)33-24(22-13-31-35-34-22)14-4-2-1-3-5-14/h1-10,12-13,24,31,33-35H,(H,30,32)/t24-/m0/s1. The number of fused-ring (bicyclic) bond motifs is 1. The van der Waals surface area contributed by atoms with Crippen molar-refractivity contribution in [3.8, 4) is 6.07 Å². The third-order valence-corrected chi connectivity index (χ3v) is 6.07. The Balaban J connectivity index is 1.60. The minimum Gasteiger partial charge on any atom is -0.373 e. The van der Waals surface area contributed by atoms with E-state index < -0.39 is 5.82 Å². The van der Waals surface area contributed by atoms with Gasteiger partial charge in [-0.25, -0.2) is 4.39 Å². The van der Waals surface area contributed by atoms with Crippen LogP contribution in [0.25, 0.3) is 10.9 Å². The number of hydrazine groups is 2. The zero-order chi connectivity index (χ0) is 24.4. The normalized spacial score (nSPS) is 13.4. The van der Waals surface area contributed by atoms with Gasteiger partial charge in [0.1, 0.15) is 11.9 Å². The van der Waals surface area contributed by atoms with E-state index in [2.05, 4.69) is 38.1 Å². The Bertz CT molecular complexity index is 1490. The van der Waals surface area contributed by atoms with Crippen LogP contribution in [0, 0.1) is 17.1 Å². The summed E-state index contributed by atoms with van der Waals surface area (Å²) in [6.45, 7) is 0. The largest absolute Gasteiger partial charge is 0.373 e. The van der Waals surface area contributed by atoms with E-state index in [9.17, 15) is 9.65 Å². The van der Waals surface area contributed by atoms with Crippen LogP contribution in [0.4, 0.5) is 21.5 Å². The number of hydrogen-bond donors (Lipinski definition) is 5.